The smallest absolute Gasteiger partial charge is 0.322 e. The molecule has 0 radical (unpaired) electrons. The Bertz CT molecular complexity index is 380. The highest BCUT2D eigenvalue weighted by atomic mass is 32.2. The van der Waals surface area contributed by atoms with E-state index in [-0.39, 0.29) is 12.0 Å². The maximum absolute atomic E-state index is 11.3. The zero-order valence-corrected chi connectivity index (χ0v) is 10.2. The number of imidazole rings is 1. The van der Waals surface area contributed by atoms with E-state index in [0.717, 1.165) is 18.1 Å². The van der Waals surface area contributed by atoms with Gasteiger partial charge in [-0.3, -0.25) is 4.79 Å². The molecule has 1 aliphatic heterocycles. The van der Waals surface area contributed by atoms with E-state index < -0.39 is 0 Å². The van der Waals surface area contributed by atoms with Gasteiger partial charge in [-0.2, -0.15) is 0 Å². The van der Waals surface area contributed by atoms with Crippen molar-refractivity contribution in [2.75, 3.05) is 13.7 Å². The van der Waals surface area contributed by atoms with E-state index in [9.17, 15) is 4.79 Å². The standard InChI is InChI=1S/C10H15N3O2S/c1-13-4-3-11-10(13)16-7-5-8(12-6-7)9(14)15-2/h3-4,7-8,12H,5-6H2,1-2H3/t7-,8+/m0/s1. The van der Waals surface area contributed by atoms with Crippen LogP contribution in [0.5, 0.6) is 0 Å². The molecule has 0 amide bonds. The third-order valence-corrected chi connectivity index (χ3v) is 3.92. The summed E-state index contributed by atoms with van der Waals surface area (Å²) in [6, 6.07) is -0.164. The molecule has 0 saturated carbocycles. The van der Waals surface area contributed by atoms with Crippen molar-refractivity contribution >= 4 is 17.7 Å². The van der Waals surface area contributed by atoms with Crippen LogP contribution < -0.4 is 5.32 Å². The quantitative estimate of drug-likeness (QED) is 0.777. The van der Waals surface area contributed by atoms with Gasteiger partial charge < -0.3 is 14.6 Å². The van der Waals surface area contributed by atoms with E-state index in [0.29, 0.717) is 5.25 Å². The van der Waals surface area contributed by atoms with Crippen LogP contribution in [0.15, 0.2) is 17.6 Å². The minimum atomic E-state index is -0.178. The summed E-state index contributed by atoms with van der Waals surface area (Å²) < 4.78 is 6.69. The fourth-order valence-electron chi connectivity index (χ4n) is 1.73. The average molecular weight is 241 g/mol. The van der Waals surface area contributed by atoms with Crippen LogP contribution in [0.2, 0.25) is 0 Å². The molecule has 0 spiro atoms. The molecular weight excluding hydrogens is 226 g/mol. The Labute approximate surface area is 98.6 Å². The van der Waals surface area contributed by atoms with Gasteiger partial charge >= 0.3 is 5.97 Å². The number of hydrogen-bond donors (Lipinski definition) is 1. The number of carbonyl (C=O) groups is 1. The fraction of sp³-hybridized carbons (Fsp3) is 0.600. The lowest BCUT2D eigenvalue weighted by atomic mass is 10.2. The second-order valence-corrected chi connectivity index (χ2v) is 5.05. The minimum absolute atomic E-state index is 0.164. The van der Waals surface area contributed by atoms with Gasteiger partial charge in [0.05, 0.1) is 7.11 Å². The Morgan fingerprint density at radius 1 is 1.75 bits per heavy atom. The molecule has 1 aromatic heterocycles. The number of rotatable bonds is 3. The van der Waals surface area contributed by atoms with Gasteiger partial charge in [0.15, 0.2) is 5.16 Å². The van der Waals surface area contributed by atoms with Crippen LogP contribution >= 0.6 is 11.8 Å². The lowest BCUT2D eigenvalue weighted by molar-refractivity contribution is -0.142. The molecule has 1 aromatic rings. The molecule has 88 valence electrons. The molecule has 5 nitrogen and oxygen atoms in total. The largest absolute Gasteiger partial charge is 0.468 e. The highest BCUT2D eigenvalue weighted by Gasteiger charge is 2.31. The maximum atomic E-state index is 11.3. The van der Waals surface area contributed by atoms with Crippen molar-refractivity contribution in [2.45, 2.75) is 22.9 Å². The van der Waals surface area contributed by atoms with E-state index in [2.05, 4.69) is 10.3 Å². The molecule has 0 bridgehead atoms. The highest BCUT2D eigenvalue weighted by Crippen LogP contribution is 2.27. The normalized spacial score (nSPS) is 24.6. The number of hydrogen-bond acceptors (Lipinski definition) is 5. The number of thioether (sulfide) groups is 1. The van der Waals surface area contributed by atoms with E-state index in [1.54, 1.807) is 18.0 Å². The first-order chi connectivity index (χ1) is 7.70. The minimum Gasteiger partial charge on any atom is -0.468 e. The van der Waals surface area contributed by atoms with Crippen LogP contribution in [0.1, 0.15) is 6.42 Å². The van der Waals surface area contributed by atoms with Gasteiger partial charge in [-0.1, -0.05) is 11.8 Å². The van der Waals surface area contributed by atoms with Crippen LogP contribution in [-0.4, -0.2) is 40.5 Å². The first kappa shape index (κ1) is 11.5. The zero-order chi connectivity index (χ0) is 11.5. The van der Waals surface area contributed by atoms with E-state index >= 15 is 0 Å². The summed E-state index contributed by atoms with van der Waals surface area (Å²) in [5.41, 5.74) is 0. The molecule has 1 N–H and O–H groups in total. The number of nitrogens with zero attached hydrogens (tertiary/aromatic N) is 2. The number of aryl methyl sites for hydroxylation is 1. The summed E-state index contributed by atoms with van der Waals surface area (Å²) in [5, 5.41) is 4.52. The molecule has 1 fully saturated rings. The van der Waals surface area contributed by atoms with Crippen molar-refractivity contribution in [3.8, 4) is 0 Å². The Hall–Kier alpha value is -1.01. The van der Waals surface area contributed by atoms with Gasteiger partial charge in [-0.25, -0.2) is 4.98 Å². The Kier molecular flexibility index (Phi) is 3.50. The van der Waals surface area contributed by atoms with Gasteiger partial charge in [0.2, 0.25) is 0 Å². The lowest BCUT2D eigenvalue weighted by Crippen LogP contribution is -2.31. The molecular formula is C10H15N3O2S. The predicted molar refractivity (Wildman–Crippen MR) is 61.3 cm³/mol. The van der Waals surface area contributed by atoms with Gasteiger partial charge in [0.1, 0.15) is 6.04 Å². The SMILES string of the molecule is COC(=O)[C@H]1C[C@H](Sc2nccn2C)CN1. The molecule has 1 aliphatic rings. The number of nitrogens with one attached hydrogen (secondary N) is 1. The molecule has 2 rings (SSSR count). The number of ether oxygens (including phenoxy) is 1. The molecule has 1 saturated heterocycles. The second-order valence-electron chi connectivity index (χ2n) is 3.78. The number of carbonyl (C=O) groups excluding carboxylic acids is 1. The summed E-state index contributed by atoms with van der Waals surface area (Å²) in [4.78, 5) is 15.6. The van der Waals surface area contributed by atoms with Crippen LogP contribution in [0.25, 0.3) is 0 Å². The third-order valence-electron chi connectivity index (χ3n) is 2.63. The summed E-state index contributed by atoms with van der Waals surface area (Å²) in [5.74, 6) is -0.178. The van der Waals surface area contributed by atoms with Crippen LogP contribution in [0, 0.1) is 0 Å². The molecule has 0 unspecified atom stereocenters. The Morgan fingerprint density at radius 3 is 3.19 bits per heavy atom. The van der Waals surface area contributed by atoms with Crippen molar-refractivity contribution in [1.82, 2.24) is 14.9 Å². The summed E-state index contributed by atoms with van der Waals surface area (Å²) >= 11 is 1.70. The molecule has 2 heterocycles. The van der Waals surface area contributed by atoms with E-state index in [1.165, 1.54) is 7.11 Å². The van der Waals surface area contributed by atoms with Crippen LogP contribution in [0.4, 0.5) is 0 Å². The van der Waals surface area contributed by atoms with Crippen molar-refractivity contribution in [2.24, 2.45) is 7.05 Å². The van der Waals surface area contributed by atoms with Crippen molar-refractivity contribution in [3.05, 3.63) is 12.4 Å². The monoisotopic (exact) mass is 241 g/mol. The zero-order valence-electron chi connectivity index (χ0n) is 9.34. The summed E-state index contributed by atoms with van der Waals surface area (Å²) in [6.45, 7) is 0.817. The maximum Gasteiger partial charge on any atom is 0.322 e. The predicted octanol–water partition coefficient (Wildman–Crippen LogP) is 0.416. The molecule has 0 aromatic carbocycles. The van der Waals surface area contributed by atoms with E-state index in [1.807, 2.05) is 17.8 Å². The van der Waals surface area contributed by atoms with E-state index in [4.69, 9.17) is 4.74 Å². The molecule has 0 aliphatic carbocycles. The lowest BCUT2D eigenvalue weighted by Gasteiger charge is -2.08. The summed E-state index contributed by atoms with van der Waals surface area (Å²) in [6.07, 6.45) is 4.50. The van der Waals surface area contributed by atoms with Crippen molar-refractivity contribution in [3.63, 3.8) is 0 Å². The van der Waals surface area contributed by atoms with Gasteiger partial charge in [0, 0.05) is 31.2 Å². The summed E-state index contributed by atoms with van der Waals surface area (Å²) in [7, 11) is 3.39. The first-order valence-electron chi connectivity index (χ1n) is 5.16. The highest BCUT2D eigenvalue weighted by molar-refractivity contribution is 7.99. The molecule has 16 heavy (non-hydrogen) atoms. The topological polar surface area (TPSA) is 56.1 Å². The Balaban J connectivity index is 1.90. The molecule has 2 atom stereocenters. The number of aromatic nitrogens is 2. The molecule has 6 heteroatoms. The number of methoxy groups -OCH3 is 1. The average Bonchev–Trinajstić information content (AvgIpc) is 2.89. The van der Waals surface area contributed by atoms with Crippen molar-refractivity contribution in [1.29, 1.82) is 0 Å². The van der Waals surface area contributed by atoms with Gasteiger partial charge in [0.25, 0.3) is 0 Å². The van der Waals surface area contributed by atoms with Crippen LogP contribution in [-0.2, 0) is 16.6 Å². The van der Waals surface area contributed by atoms with Gasteiger partial charge in [-0.05, 0) is 6.42 Å². The first-order valence-corrected chi connectivity index (χ1v) is 6.04. The van der Waals surface area contributed by atoms with Crippen LogP contribution in [0.3, 0.4) is 0 Å². The fourth-order valence-corrected chi connectivity index (χ4v) is 2.84. The number of esters is 1. The Morgan fingerprint density at radius 2 is 2.56 bits per heavy atom. The third kappa shape index (κ3) is 2.38. The van der Waals surface area contributed by atoms with Gasteiger partial charge in [-0.15, -0.1) is 0 Å². The second kappa shape index (κ2) is 4.88. The van der Waals surface area contributed by atoms with Crippen molar-refractivity contribution < 1.29 is 9.53 Å².